The monoisotopic (exact) mass is 297 g/mol. The Morgan fingerprint density at radius 2 is 1.95 bits per heavy atom. The van der Waals surface area contributed by atoms with E-state index in [1.165, 1.54) is 18.2 Å². The van der Waals surface area contributed by atoms with Crippen molar-refractivity contribution in [2.45, 2.75) is 6.61 Å². The fraction of sp³-hybridized carbons (Fsp3) is 0.0769. The highest BCUT2D eigenvalue weighted by molar-refractivity contribution is 6.32. The number of hydrogen-bond acceptors (Lipinski definition) is 3. The molecule has 0 unspecified atom stereocenters. The molecule has 2 aromatic carbocycles. The Labute approximate surface area is 119 Å². The minimum atomic E-state index is -0.497. The number of nitro groups is 1. The molecule has 0 heterocycles. The molecule has 0 bridgehead atoms. The highest BCUT2D eigenvalue weighted by atomic mass is 35.5. The van der Waals surface area contributed by atoms with Crippen LogP contribution in [0.1, 0.15) is 5.56 Å². The van der Waals surface area contributed by atoms with E-state index in [1.807, 2.05) is 6.07 Å². The van der Waals surface area contributed by atoms with Crippen LogP contribution in [0.5, 0.6) is 5.75 Å². The minimum Gasteiger partial charge on any atom is -0.487 e. The molecule has 6 heteroatoms. The lowest BCUT2D eigenvalue weighted by Crippen LogP contribution is -1.97. The fourth-order valence-corrected chi connectivity index (χ4v) is 1.89. The van der Waals surface area contributed by atoms with Gasteiger partial charge < -0.3 is 4.74 Å². The molecule has 0 amide bonds. The van der Waals surface area contributed by atoms with Crippen molar-refractivity contribution in [1.29, 1.82) is 0 Å². The van der Waals surface area contributed by atoms with Crippen molar-refractivity contribution in [2.75, 3.05) is 0 Å². The van der Waals surface area contributed by atoms with Crippen molar-refractivity contribution in [3.8, 4) is 5.75 Å². The van der Waals surface area contributed by atoms with Crippen LogP contribution in [-0.4, -0.2) is 4.92 Å². The number of halogens is 2. The first-order valence-electron chi connectivity index (χ1n) is 5.37. The van der Waals surface area contributed by atoms with Crippen LogP contribution in [-0.2, 0) is 6.61 Å². The van der Waals surface area contributed by atoms with Gasteiger partial charge in [0, 0.05) is 11.1 Å². The van der Waals surface area contributed by atoms with E-state index in [1.54, 1.807) is 18.2 Å². The maximum absolute atomic E-state index is 10.7. The maximum Gasteiger partial charge on any atom is 0.273 e. The summed E-state index contributed by atoms with van der Waals surface area (Å²) in [5.74, 6) is 0.274. The lowest BCUT2D eigenvalue weighted by Gasteiger charge is -2.08. The SMILES string of the molecule is O=[N+]([O-])c1ccc(Cl)c(OCc2cccc(Cl)c2)c1. The summed E-state index contributed by atoms with van der Waals surface area (Å²) in [6.45, 7) is 0.238. The van der Waals surface area contributed by atoms with Crippen LogP contribution in [0.25, 0.3) is 0 Å². The predicted octanol–water partition coefficient (Wildman–Crippen LogP) is 4.48. The average Bonchev–Trinajstić information content (AvgIpc) is 2.37. The summed E-state index contributed by atoms with van der Waals surface area (Å²) in [5.41, 5.74) is 0.792. The third kappa shape index (κ3) is 3.59. The summed E-state index contributed by atoms with van der Waals surface area (Å²) in [4.78, 5) is 10.2. The largest absolute Gasteiger partial charge is 0.487 e. The molecule has 2 rings (SSSR count). The summed E-state index contributed by atoms with van der Waals surface area (Å²) in [6, 6.07) is 11.2. The third-order valence-corrected chi connectivity index (χ3v) is 2.96. The summed E-state index contributed by atoms with van der Waals surface area (Å²) in [6.07, 6.45) is 0. The first kappa shape index (κ1) is 13.6. The molecule has 0 aliphatic carbocycles. The summed E-state index contributed by atoms with van der Waals surface area (Å²) < 4.78 is 5.47. The number of rotatable bonds is 4. The maximum atomic E-state index is 10.7. The van der Waals surface area contributed by atoms with Crippen LogP contribution >= 0.6 is 23.2 Å². The van der Waals surface area contributed by atoms with Crippen LogP contribution in [0.4, 0.5) is 5.69 Å². The number of hydrogen-bond donors (Lipinski definition) is 0. The second-order valence-electron chi connectivity index (χ2n) is 3.79. The van der Waals surface area contributed by atoms with E-state index >= 15 is 0 Å². The number of benzene rings is 2. The topological polar surface area (TPSA) is 52.4 Å². The summed E-state index contributed by atoms with van der Waals surface area (Å²) >= 11 is 11.8. The van der Waals surface area contributed by atoms with Crippen molar-refractivity contribution >= 4 is 28.9 Å². The number of ether oxygens (including phenoxy) is 1. The summed E-state index contributed by atoms with van der Waals surface area (Å²) in [7, 11) is 0. The minimum absolute atomic E-state index is 0.0644. The van der Waals surface area contributed by atoms with E-state index in [9.17, 15) is 10.1 Å². The van der Waals surface area contributed by atoms with E-state index in [2.05, 4.69) is 0 Å². The van der Waals surface area contributed by atoms with Gasteiger partial charge in [-0.15, -0.1) is 0 Å². The lowest BCUT2D eigenvalue weighted by atomic mass is 10.2. The van der Waals surface area contributed by atoms with Crippen molar-refractivity contribution in [3.05, 3.63) is 68.2 Å². The Morgan fingerprint density at radius 3 is 2.63 bits per heavy atom. The van der Waals surface area contributed by atoms with E-state index in [0.717, 1.165) is 5.56 Å². The Balaban J connectivity index is 2.15. The molecule has 0 radical (unpaired) electrons. The molecule has 0 fully saturated rings. The van der Waals surface area contributed by atoms with Gasteiger partial charge in [-0.25, -0.2) is 0 Å². The molecule has 19 heavy (non-hydrogen) atoms. The van der Waals surface area contributed by atoms with Gasteiger partial charge in [-0.2, -0.15) is 0 Å². The molecule has 0 spiro atoms. The summed E-state index contributed by atoms with van der Waals surface area (Å²) in [5, 5.41) is 11.6. The molecule has 4 nitrogen and oxygen atoms in total. The number of nitro benzene ring substituents is 1. The molecule has 0 aromatic heterocycles. The van der Waals surface area contributed by atoms with Crippen LogP contribution < -0.4 is 4.74 Å². The van der Waals surface area contributed by atoms with Gasteiger partial charge in [0.05, 0.1) is 16.0 Å². The van der Waals surface area contributed by atoms with Gasteiger partial charge in [0.1, 0.15) is 12.4 Å². The molecular formula is C13H9Cl2NO3. The van der Waals surface area contributed by atoms with E-state index in [-0.39, 0.29) is 18.0 Å². The van der Waals surface area contributed by atoms with Crippen LogP contribution in [0.15, 0.2) is 42.5 Å². The molecule has 0 atom stereocenters. The Bertz CT molecular complexity index is 617. The Morgan fingerprint density at radius 1 is 1.16 bits per heavy atom. The standard InChI is InChI=1S/C13H9Cl2NO3/c14-10-3-1-2-9(6-10)8-19-13-7-11(16(17)18)4-5-12(13)15/h1-7H,8H2. The van der Waals surface area contributed by atoms with Crippen LogP contribution in [0.3, 0.4) is 0 Å². The van der Waals surface area contributed by atoms with Gasteiger partial charge in [0.2, 0.25) is 0 Å². The first-order chi connectivity index (χ1) is 9.06. The molecule has 0 saturated carbocycles. The zero-order valence-electron chi connectivity index (χ0n) is 9.68. The molecule has 0 saturated heterocycles. The predicted molar refractivity (Wildman–Crippen MR) is 73.9 cm³/mol. The molecule has 0 N–H and O–H groups in total. The van der Waals surface area contributed by atoms with Gasteiger partial charge in [0.15, 0.2) is 0 Å². The smallest absolute Gasteiger partial charge is 0.273 e. The van der Waals surface area contributed by atoms with Gasteiger partial charge >= 0.3 is 0 Å². The van der Waals surface area contributed by atoms with E-state index < -0.39 is 4.92 Å². The zero-order valence-corrected chi connectivity index (χ0v) is 11.2. The van der Waals surface area contributed by atoms with Crippen molar-refractivity contribution in [1.82, 2.24) is 0 Å². The number of non-ortho nitro benzene ring substituents is 1. The van der Waals surface area contributed by atoms with Gasteiger partial charge in [-0.05, 0) is 23.8 Å². The lowest BCUT2D eigenvalue weighted by molar-refractivity contribution is -0.384. The molecule has 2 aromatic rings. The highest BCUT2D eigenvalue weighted by Crippen LogP contribution is 2.29. The molecular weight excluding hydrogens is 289 g/mol. The van der Waals surface area contributed by atoms with Crippen LogP contribution in [0.2, 0.25) is 10.0 Å². The van der Waals surface area contributed by atoms with Crippen LogP contribution in [0, 0.1) is 10.1 Å². The van der Waals surface area contributed by atoms with E-state index in [0.29, 0.717) is 10.0 Å². The van der Waals surface area contributed by atoms with Crippen molar-refractivity contribution in [3.63, 3.8) is 0 Å². The van der Waals surface area contributed by atoms with Crippen molar-refractivity contribution < 1.29 is 9.66 Å². The molecule has 98 valence electrons. The average molecular weight is 298 g/mol. The molecule has 0 aliphatic rings. The quantitative estimate of drug-likeness (QED) is 0.617. The van der Waals surface area contributed by atoms with E-state index in [4.69, 9.17) is 27.9 Å². The second kappa shape index (κ2) is 5.91. The zero-order chi connectivity index (χ0) is 13.8. The second-order valence-corrected chi connectivity index (χ2v) is 4.63. The van der Waals surface area contributed by atoms with Gasteiger partial charge in [0.25, 0.3) is 5.69 Å². The van der Waals surface area contributed by atoms with Gasteiger partial charge in [-0.1, -0.05) is 35.3 Å². The Hall–Kier alpha value is -1.78. The first-order valence-corrected chi connectivity index (χ1v) is 6.13. The Kier molecular flexibility index (Phi) is 4.24. The van der Waals surface area contributed by atoms with Gasteiger partial charge in [-0.3, -0.25) is 10.1 Å². The number of nitrogens with zero attached hydrogens (tertiary/aromatic N) is 1. The third-order valence-electron chi connectivity index (χ3n) is 2.41. The highest BCUT2D eigenvalue weighted by Gasteiger charge is 2.10. The fourth-order valence-electron chi connectivity index (χ4n) is 1.50. The van der Waals surface area contributed by atoms with Crippen molar-refractivity contribution in [2.24, 2.45) is 0 Å². The normalized spacial score (nSPS) is 10.2. The molecule has 0 aliphatic heterocycles.